The Labute approximate surface area is 93.9 Å². The van der Waals surface area contributed by atoms with Crippen LogP contribution in [0.1, 0.15) is 30.5 Å². The van der Waals surface area contributed by atoms with Gasteiger partial charge in [0.2, 0.25) is 0 Å². The third-order valence-corrected chi connectivity index (χ3v) is 3.19. The average Bonchev–Trinajstić information content (AvgIpc) is 2.11. The van der Waals surface area contributed by atoms with Crippen molar-refractivity contribution in [1.82, 2.24) is 0 Å². The van der Waals surface area contributed by atoms with Crippen LogP contribution in [0.5, 0.6) is 0 Å². The molecule has 0 saturated carbocycles. The maximum absolute atomic E-state index is 9.06. The minimum atomic E-state index is -0.433. The van der Waals surface area contributed by atoms with Crippen LogP contribution >= 0.6 is 15.9 Å². The van der Waals surface area contributed by atoms with Crippen LogP contribution in [0.25, 0.3) is 0 Å². The van der Waals surface area contributed by atoms with Crippen LogP contribution in [-0.2, 0) is 5.41 Å². The van der Waals surface area contributed by atoms with Crippen LogP contribution in [0.3, 0.4) is 0 Å². The van der Waals surface area contributed by atoms with Crippen LogP contribution in [0.4, 0.5) is 0 Å². The van der Waals surface area contributed by atoms with E-state index < -0.39 is 5.41 Å². The fraction of sp³-hybridized carbons (Fsp3) is 0.417. The molecular weight excluding hydrogens is 238 g/mol. The highest BCUT2D eigenvalue weighted by atomic mass is 79.9. The molecule has 74 valence electrons. The molecule has 0 bridgehead atoms. The first-order valence-corrected chi connectivity index (χ1v) is 5.36. The number of rotatable bonds is 1. The predicted octanol–water partition coefficient (Wildman–Crippen LogP) is 3.87. The molecule has 0 aromatic heterocycles. The Hall–Kier alpha value is -0.810. The van der Waals surface area contributed by atoms with Gasteiger partial charge >= 0.3 is 0 Å². The standard InChI is InChI=1S/C12H14BrN/c1-8-5-10(12(3,4)7-14)11(13)6-9(8)2/h5-6H,1-4H3. The van der Waals surface area contributed by atoms with E-state index in [-0.39, 0.29) is 0 Å². The van der Waals surface area contributed by atoms with Crippen LogP contribution in [0, 0.1) is 25.2 Å². The molecule has 1 rings (SSSR count). The zero-order valence-corrected chi connectivity index (χ0v) is 10.6. The molecule has 14 heavy (non-hydrogen) atoms. The average molecular weight is 252 g/mol. The summed E-state index contributed by atoms with van der Waals surface area (Å²) in [6, 6.07) is 6.47. The maximum Gasteiger partial charge on any atom is 0.0777 e. The molecule has 2 heteroatoms. The zero-order valence-electron chi connectivity index (χ0n) is 8.98. The first-order valence-electron chi connectivity index (χ1n) is 4.57. The van der Waals surface area contributed by atoms with Crippen molar-refractivity contribution < 1.29 is 0 Å². The second-order valence-corrected chi connectivity index (χ2v) is 5.01. The second kappa shape index (κ2) is 3.74. The van der Waals surface area contributed by atoms with Crippen LogP contribution in [0.2, 0.25) is 0 Å². The van der Waals surface area contributed by atoms with E-state index in [1.165, 1.54) is 11.1 Å². The molecule has 0 amide bonds. The van der Waals surface area contributed by atoms with Gasteiger partial charge in [0, 0.05) is 4.47 Å². The number of aryl methyl sites for hydroxylation is 2. The summed E-state index contributed by atoms with van der Waals surface area (Å²) >= 11 is 3.51. The second-order valence-electron chi connectivity index (χ2n) is 4.15. The number of benzene rings is 1. The van der Waals surface area contributed by atoms with Crippen molar-refractivity contribution >= 4 is 15.9 Å². The summed E-state index contributed by atoms with van der Waals surface area (Å²) in [5.41, 5.74) is 3.10. The lowest BCUT2D eigenvalue weighted by Crippen LogP contribution is -2.15. The summed E-state index contributed by atoms with van der Waals surface area (Å²) in [5, 5.41) is 9.06. The molecule has 0 spiro atoms. The van der Waals surface area contributed by atoms with Crippen LogP contribution < -0.4 is 0 Å². The molecule has 0 unspecified atom stereocenters. The van der Waals surface area contributed by atoms with Gasteiger partial charge in [-0.15, -0.1) is 0 Å². The molecule has 0 saturated heterocycles. The van der Waals surface area contributed by atoms with Crippen molar-refractivity contribution in [2.75, 3.05) is 0 Å². The van der Waals surface area contributed by atoms with Gasteiger partial charge in [-0.25, -0.2) is 0 Å². The van der Waals surface area contributed by atoms with Gasteiger partial charge in [-0.05, 0) is 50.5 Å². The topological polar surface area (TPSA) is 23.8 Å². The third kappa shape index (κ3) is 1.99. The molecule has 0 atom stereocenters. The van der Waals surface area contributed by atoms with E-state index in [2.05, 4.69) is 48.0 Å². The Morgan fingerprint density at radius 2 is 1.71 bits per heavy atom. The largest absolute Gasteiger partial charge is 0.197 e. The lowest BCUT2D eigenvalue weighted by molar-refractivity contribution is 0.682. The normalized spacial score (nSPS) is 11.1. The Kier molecular flexibility index (Phi) is 3.01. The van der Waals surface area contributed by atoms with Crippen LogP contribution in [-0.4, -0.2) is 0 Å². The molecule has 0 radical (unpaired) electrons. The van der Waals surface area contributed by atoms with Gasteiger partial charge in [0.25, 0.3) is 0 Å². The SMILES string of the molecule is Cc1cc(Br)c(C(C)(C)C#N)cc1C. The number of nitrogens with zero attached hydrogens (tertiary/aromatic N) is 1. The molecule has 0 heterocycles. The van der Waals surface area contributed by atoms with E-state index in [4.69, 9.17) is 5.26 Å². The Morgan fingerprint density at radius 3 is 2.21 bits per heavy atom. The summed E-state index contributed by atoms with van der Waals surface area (Å²) < 4.78 is 1.02. The molecule has 1 aromatic carbocycles. The fourth-order valence-electron chi connectivity index (χ4n) is 1.32. The predicted molar refractivity (Wildman–Crippen MR) is 62.3 cm³/mol. The summed E-state index contributed by atoms with van der Waals surface area (Å²) in [6.45, 7) is 8.01. The Morgan fingerprint density at radius 1 is 1.21 bits per heavy atom. The van der Waals surface area contributed by atoms with Crippen molar-refractivity contribution in [2.45, 2.75) is 33.1 Å². The van der Waals surface area contributed by atoms with E-state index in [1.54, 1.807) is 0 Å². The lowest BCUT2D eigenvalue weighted by atomic mass is 9.85. The quantitative estimate of drug-likeness (QED) is 0.744. The van der Waals surface area contributed by atoms with Crippen molar-refractivity contribution in [3.63, 3.8) is 0 Å². The summed E-state index contributed by atoms with van der Waals surface area (Å²) in [5.74, 6) is 0. The van der Waals surface area contributed by atoms with Crippen molar-refractivity contribution in [1.29, 1.82) is 5.26 Å². The third-order valence-electron chi connectivity index (χ3n) is 2.54. The zero-order chi connectivity index (χ0) is 10.9. The number of hydrogen-bond acceptors (Lipinski definition) is 1. The summed E-state index contributed by atoms with van der Waals surface area (Å²) in [7, 11) is 0. The monoisotopic (exact) mass is 251 g/mol. The van der Waals surface area contributed by atoms with Gasteiger partial charge in [-0.3, -0.25) is 0 Å². The molecule has 0 aliphatic carbocycles. The first-order chi connectivity index (χ1) is 6.38. The summed E-state index contributed by atoms with van der Waals surface area (Å²) in [6.07, 6.45) is 0. The van der Waals surface area contributed by atoms with Crippen LogP contribution in [0.15, 0.2) is 16.6 Å². The minimum absolute atomic E-state index is 0.433. The highest BCUT2D eigenvalue weighted by Gasteiger charge is 2.22. The highest BCUT2D eigenvalue weighted by molar-refractivity contribution is 9.10. The van der Waals surface area contributed by atoms with Gasteiger partial charge in [0.15, 0.2) is 0 Å². The van der Waals surface area contributed by atoms with Gasteiger partial charge < -0.3 is 0 Å². The van der Waals surface area contributed by atoms with E-state index in [0.717, 1.165) is 10.0 Å². The lowest BCUT2D eigenvalue weighted by Gasteiger charge is -2.19. The Balaban J connectivity index is 3.38. The van der Waals surface area contributed by atoms with E-state index in [0.29, 0.717) is 0 Å². The van der Waals surface area contributed by atoms with Gasteiger partial charge in [-0.1, -0.05) is 22.0 Å². The molecular formula is C12H14BrN. The fourth-order valence-corrected chi connectivity index (χ4v) is 2.27. The Bertz CT molecular complexity index is 400. The first kappa shape index (κ1) is 11.3. The maximum atomic E-state index is 9.06. The number of halogens is 1. The minimum Gasteiger partial charge on any atom is -0.197 e. The smallest absolute Gasteiger partial charge is 0.0777 e. The molecule has 0 fully saturated rings. The van der Waals surface area contributed by atoms with E-state index in [1.807, 2.05) is 13.8 Å². The molecule has 0 N–H and O–H groups in total. The molecule has 0 aliphatic rings. The van der Waals surface area contributed by atoms with E-state index in [9.17, 15) is 0 Å². The number of hydrogen-bond donors (Lipinski definition) is 0. The molecule has 1 nitrogen and oxygen atoms in total. The van der Waals surface area contributed by atoms with Gasteiger partial charge in [0.1, 0.15) is 0 Å². The van der Waals surface area contributed by atoms with Crippen molar-refractivity contribution in [3.05, 3.63) is 33.3 Å². The van der Waals surface area contributed by atoms with Gasteiger partial charge in [-0.2, -0.15) is 5.26 Å². The van der Waals surface area contributed by atoms with E-state index >= 15 is 0 Å². The molecule has 0 aliphatic heterocycles. The van der Waals surface area contributed by atoms with Crippen molar-refractivity contribution in [2.24, 2.45) is 0 Å². The highest BCUT2D eigenvalue weighted by Crippen LogP contribution is 2.31. The number of nitriles is 1. The van der Waals surface area contributed by atoms with Gasteiger partial charge in [0.05, 0.1) is 11.5 Å². The summed E-state index contributed by atoms with van der Waals surface area (Å²) in [4.78, 5) is 0. The van der Waals surface area contributed by atoms with Crippen molar-refractivity contribution in [3.8, 4) is 6.07 Å². The molecule has 1 aromatic rings.